The molecule has 4 nitrogen and oxygen atoms in total. The zero-order valence-electron chi connectivity index (χ0n) is 10.9. The van der Waals surface area contributed by atoms with Gasteiger partial charge in [-0.25, -0.2) is 0 Å². The van der Waals surface area contributed by atoms with Crippen LogP contribution in [0.25, 0.3) is 0 Å². The van der Waals surface area contributed by atoms with Gasteiger partial charge in [-0.15, -0.1) is 0 Å². The normalized spacial score (nSPS) is 18.9. The second kappa shape index (κ2) is 5.87. The average molecular weight is 229 g/mol. The van der Waals surface area contributed by atoms with E-state index in [-0.39, 0.29) is 16.9 Å². The molecular formula is C12H23NO3. The van der Waals surface area contributed by atoms with E-state index in [0.717, 1.165) is 13.0 Å². The average Bonchev–Trinajstić information content (AvgIpc) is 1.99. The smallest absolute Gasteiger partial charge is 0.293 e. The highest BCUT2D eigenvalue weighted by atomic mass is 16.5. The number of nitrogens with one attached hydrogen (secondary N) is 1. The fraction of sp³-hybridized carbons (Fsp3) is 0.833. The molecule has 1 heterocycles. The summed E-state index contributed by atoms with van der Waals surface area (Å²) in [6.07, 6.45) is 1.80. The maximum Gasteiger partial charge on any atom is 0.293 e. The summed E-state index contributed by atoms with van der Waals surface area (Å²) in [4.78, 5) is 20.4. The van der Waals surface area contributed by atoms with E-state index in [4.69, 9.17) is 0 Å². The number of amides is 1. The van der Waals surface area contributed by atoms with E-state index in [1.54, 1.807) is 0 Å². The molecule has 0 aromatic carbocycles. The predicted octanol–water partition coefficient (Wildman–Crippen LogP) is 1.88. The van der Waals surface area contributed by atoms with Gasteiger partial charge in [0.05, 0.1) is 0 Å². The minimum atomic E-state index is -0.318. The number of piperidine rings is 1. The molecule has 0 atom stereocenters. The van der Waals surface area contributed by atoms with Gasteiger partial charge in [0, 0.05) is 13.0 Å². The summed E-state index contributed by atoms with van der Waals surface area (Å²) in [7, 11) is 0. The quantitative estimate of drug-likeness (QED) is 0.698. The monoisotopic (exact) mass is 229 g/mol. The molecule has 0 aliphatic carbocycles. The third-order valence-corrected chi connectivity index (χ3v) is 2.16. The summed E-state index contributed by atoms with van der Waals surface area (Å²) < 4.78 is 4.55. The van der Waals surface area contributed by atoms with Crippen molar-refractivity contribution in [3.63, 3.8) is 0 Å². The molecule has 0 spiro atoms. The second-order valence-electron chi connectivity index (χ2n) is 5.77. The van der Waals surface area contributed by atoms with Crippen LogP contribution in [-0.4, -0.2) is 24.5 Å². The molecule has 1 N–H and O–H groups in total. The van der Waals surface area contributed by atoms with E-state index in [2.05, 4.69) is 23.9 Å². The van der Waals surface area contributed by atoms with Crippen molar-refractivity contribution in [2.75, 3.05) is 6.54 Å². The molecule has 0 saturated carbocycles. The van der Waals surface area contributed by atoms with Crippen molar-refractivity contribution >= 4 is 12.4 Å². The van der Waals surface area contributed by atoms with Gasteiger partial charge in [0.15, 0.2) is 0 Å². The highest BCUT2D eigenvalue weighted by Crippen LogP contribution is 2.26. The zero-order chi connectivity index (χ0) is 12.8. The number of hydrogen-bond acceptors (Lipinski definition) is 3. The Labute approximate surface area is 97.7 Å². The molecule has 0 bridgehead atoms. The standard InChI is InChI=1S/C7H13NO.C5H10O2/c1-7(2)3-4-8-6(9)5-7;1-5(2,3)7-4-6/h3-5H2,1-2H3,(H,8,9);4H,1-3H3. The Morgan fingerprint density at radius 2 is 1.94 bits per heavy atom. The molecule has 4 heteroatoms. The molecule has 1 aliphatic heterocycles. The summed E-state index contributed by atoms with van der Waals surface area (Å²) in [5, 5.41) is 2.80. The summed E-state index contributed by atoms with van der Waals surface area (Å²) in [5.74, 6) is 0.200. The topological polar surface area (TPSA) is 55.4 Å². The summed E-state index contributed by atoms with van der Waals surface area (Å²) >= 11 is 0. The Balaban J connectivity index is 0.000000293. The number of rotatable bonds is 1. The number of carbonyl (C=O) groups excluding carboxylic acids is 2. The first-order chi connectivity index (χ1) is 7.16. The van der Waals surface area contributed by atoms with E-state index >= 15 is 0 Å². The van der Waals surface area contributed by atoms with Crippen LogP contribution >= 0.6 is 0 Å². The molecule has 0 unspecified atom stereocenters. The van der Waals surface area contributed by atoms with E-state index in [1.165, 1.54) is 0 Å². The molecule has 94 valence electrons. The van der Waals surface area contributed by atoms with Crippen LogP contribution in [-0.2, 0) is 14.3 Å². The van der Waals surface area contributed by atoms with Gasteiger partial charge in [0.25, 0.3) is 6.47 Å². The van der Waals surface area contributed by atoms with Crippen molar-refractivity contribution < 1.29 is 14.3 Å². The van der Waals surface area contributed by atoms with Crippen LogP contribution in [0.2, 0.25) is 0 Å². The predicted molar refractivity (Wildman–Crippen MR) is 62.9 cm³/mol. The van der Waals surface area contributed by atoms with E-state index in [0.29, 0.717) is 12.9 Å². The van der Waals surface area contributed by atoms with Gasteiger partial charge >= 0.3 is 0 Å². The largest absolute Gasteiger partial charge is 0.462 e. The lowest BCUT2D eigenvalue weighted by Gasteiger charge is -2.28. The lowest BCUT2D eigenvalue weighted by Crippen LogP contribution is -2.37. The van der Waals surface area contributed by atoms with Crippen LogP contribution in [0.5, 0.6) is 0 Å². The molecule has 1 fully saturated rings. The Bertz CT molecular complexity index is 241. The van der Waals surface area contributed by atoms with Gasteiger partial charge in [-0.1, -0.05) is 13.8 Å². The molecule has 0 aromatic rings. The first-order valence-electron chi connectivity index (χ1n) is 5.54. The highest BCUT2D eigenvalue weighted by Gasteiger charge is 2.25. The Morgan fingerprint density at radius 3 is 2.12 bits per heavy atom. The van der Waals surface area contributed by atoms with Crippen molar-refractivity contribution in [1.29, 1.82) is 0 Å². The van der Waals surface area contributed by atoms with Gasteiger partial charge < -0.3 is 10.1 Å². The minimum absolute atomic E-state index is 0.200. The van der Waals surface area contributed by atoms with Gasteiger partial charge in [0.2, 0.25) is 5.91 Å². The van der Waals surface area contributed by atoms with Gasteiger partial charge in [-0.05, 0) is 32.6 Å². The van der Waals surface area contributed by atoms with Crippen molar-refractivity contribution in [3.05, 3.63) is 0 Å². The minimum Gasteiger partial charge on any atom is -0.462 e. The molecule has 0 aromatic heterocycles. The maximum atomic E-state index is 10.8. The van der Waals surface area contributed by atoms with Gasteiger partial charge in [-0.3, -0.25) is 9.59 Å². The zero-order valence-corrected chi connectivity index (χ0v) is 10.9. The van der Waals surface area contributed by atoms with Crippen LogP contribution in [0.4, 0.5) is 0 Å². The van der Waals surface area contributed by atoms with Crippen molar-refractivity contribution in [2.45, 2.75) is 53.1 Å². The van der Waals surface area contributed by atoms with Crippen LogP contribution < -0.4 is 5.32 Å². The third kappa shape index (κ3) is 8.26. The Morgan fingerprint density at radius 1 is 1.38 bits per heavy atom. The Kier molecular flexibility index (Phi) is 5.48. The lowest BCUT2D eigenvalue weighted by atomic mass is 9.83. The molecule has 1 amide bonds. The lowest BCUT2D eigenvalue weighted by molar-refractivity contribution is -0.138. The van der Waals surface area contributed by atoms with Crippen LogP contribution in [0.3, 0.4) is 0 Å². The fourth-order valence-electron chi connectivity index (χ4n) is 1.27. The van der Waals surface area contributed by atoms with Crippen LogP contribution in [0.1, 0.15) is 47.5 Å². The summed E-state index contributed by atoms with van der Waals surface area (Å²) in [6, 6.07) is 0. The van der Waals surface area contributed by atoms with E-state index in [9.17, 15) is 9.59 Å². The van der Waals surface area contributed by atoms with Crippen LogP contribution in [0.15, 0.2) is 0 Å². The third-order valence-electron chi connectivity index (χ3n) is 2.16. The van der Waals surface area contributed by atoms with Crippen molar-refractivity contribution in [2.24, 2.45) is 5.41 Å². The number of carbonyl (C=O) groups is 2. The molecule has 16 heavy (non-hydrogen) atoms. The second-order valence-corrected chi connectivity index (χ2v) is 5.77. The first-order valence-corrected chi connectivity index (χ1v) is 5.54. The van der Waals surface area contributed by atoms with E-state index < -0.39 is 0 Å². The van der Waals surface area contributed by atoms with Gasteiger partial charge in [0.1, 0.15) is 5.60 Å². The molecule has 1 aliphatic rings. The maximum absolute atomic E-state index is 10.8. The fourth-order valence-corrected chi connectivity index (χ4v) is 1.27. The first kappa shape index (κ1) is 14.9. The van der Waals surface area contributed by atoms with E-state index in [1.807, 2.05) is 20.8 Å². The Hall–Kier alpha value is -1.06. The molecule has 1 rings (SSSR count). The molecule has 1 saturated heterocycles. The summed E-state index contributed by atoms with van der Waals surface area (Å²) in [5.41, 5.74) is -0.0793. The number of hydrogen-bond donors (Lipinski definition) is 1. The SMILES string of the molecule is CC(C)(C)OC=O.CC1(C)CCNC(=O)C1. The van der Waals surface area contributed by atoms with Crippen molar-refractivity contribution in [1.82, 2.24) is 5.32 Å². The highest BCUT2D eigenvalue weighted by molar-refractivity contribution is 5.77. The van der Waals surface area contributed by atoms with Crippen LogP contribution in [0, 0.1) is 5.41 Å². The van der Waals surface area contributed by atoms with Gasteiger partial charge in [-0.2, -0.15) is 0 Å². The molecule has 0 radical (unpaired) electrons. The summed E-state index contributed by atoms with van der Waals surface area (Å²) in [6.45, 7) is 11.0. The number of ether oxygens (including phenoxy) is 1. The molecular weight excluding hydrogens is 206 g/mol. The van der Waals surface area contributed by atoms with Crippen molar-refractivity contribution in [3.8, 4) is 0 Å².